The highest BCUT2D eigenvalue weighted by Crippen LogP contribution is 2.66. The van der Waals surface area contributed by atoms with Crippen LogP contribution in [0.15, 0.2) is 35.5 Å². The van der Waals surface area contributed by atoms with Gasteiger partial charge in [0.2, 0.25) is 0 Å². The SMILES string of the molecule is CC1=C(C#CC(C)C/C=C/C(C)CCCCC(C)CCCC(C)/C=C/[C@@]23O[C@]2(C)C[C@@H](O)CC3(C)C)C(C)(C)C[C@H](O)C1. The van der Waals surface area contributed by atoms with Crippen molar-refractivity contribution in [2.24, 2.45) is 34.5 Å². The molecule has 0 radical (unpaired) electrons. The van der Waals surface area contributed by atoms with Crippen molar-refractivity contribution in [3.05, 3.63) is 35.5 Å². The molecule has 0 spiro atoms. The Bertz CT molecular complexity index is 1070. The minimum absolute atomic E-state index is 0.0273. The van der Waals surface area contributed by atoms with Gasteiger partial charge in [-0.2, -0.15) is 0 Å². The highest BCUT2D eigenvalue weighted by molar-refractivity contribution is 5.40. The summed E-state index contributed by atoms with van der Waals surface area (Å²) in [5, 5.41) is 20.4. The van der Waals surface area contributed by atoms with E-state index in [1.807, 2.05) is 0 Å². The summed E-state index contributed by atoms with van der Waals surface area (Å²) in [7, 11) is 0. The van der Waals surface area contributed by atoms with Gasteiger partial charge < -0.3 is 14.9 Å². The van der Waals surface area contributed by atoms with Crippen molar-refractivity contribution in [3.8, 4) is 11.8 Å². The number of unbranched alkanes of at least 4 members (excludes halogenated alkanes) is 1. The van der Waals surface area contributed by atoms with Gasteiger partial charge in [-0.1, -0.05) is 129 Å². The fraction of sp³-hybridized carbons (Fsp3) is 0.800. The molecule has 0 amide bonds. The Kier molecular flexibility index (Phi) is 12.5. The molecule has 1 saturated heterocycles. The molecule has 1 heterocycles. The van der Waals surface area contributed by atoms with Gasteiger partial charge in [-0.05, 0) is 70.1 Å². The van der Waals surface area contributed by atoms with E-state index in [1.54, 1.807) is 0 Å². The summed E-state index contributed by atoms with van der Waals surface area (Å²) in [5.41, 5.74) is 2.04. The molecule has 43 heavy (non-hydrogen) atoms. The zero-order valence-corrected chi connectivity index (χ0v) is 29.6. The first-order chi connectivity index (χ1) is 20.0. The Morgan fingerprint density at radius 2 is 1.47 bits per heavy atom. The third kappa shape index (κ3) is 9.58. The van der Waals surface area contributed by atoms with Gasteiger partial charge in [-0.3, -0.25) is 0 Å². The lowest BCUT2D eigenvalue weighted by molar-refractivity contribution is 0.0513. The van der Waals surface area contributed by atoms with Gasteiger partial charge in [-0.15, -0.1) is 0 Å². The Morgan fingerprint density at radius 1 is 0.837 bits per heavy atom. The predicted octanol–water partition coefficient (Wildman–Crippen LogP) is 9.97. The highest BCUT2D eigenvalue weighted by atomic mass is 16.6. The van der Waals surface area contributed by atoms with E-state index < -0.39 is 0 Å². The molecule has 4 unspecified atom stereocenters. The first-order valence-corrected chi connectivity index (χ1v) is 17.6. The van der Waals surface area contributed by atoms with Gasteiger partial charge in [0, 0.05) is 28.7 Å². The number of aliphatic hydroxyl groups is 2. The van der Waals surface area contributed by atoms with Crippen LogP contribution in [-0.2, 0) is 4.74 Å². The lowest BCUT2D eigenvalue weighted by Crippen LogP contribution is -2.46. The van der Waals surface area contributed by atoms with Gasteiger partial charge in [0.1, 0.15) is 11.2 Å². The number of allylic oxidation sites excluding steroid dienone is 4. The quantitative estimate of drug-likeness (QED) is 0.0910. The standard InChI is InChI=1S/C40H66O3/c1-29(17-13-19-31(3)21-22-36-33(5)25-34(41)26-37(36,6)7)15-11-12-16-30(2)18-14-20-32(4)23-24-40-38(8,9)27-35(42)28-39(40,10)43-40/h13,17,23-24,29-32,34-35,41-42H,11-12,14-16,18-20,25-28H2,1-10H3/b17-13+,24-23+/t29?,30?,31?,32?,34-,35+,39-,40+/m1/s1. The third-order valence-corrected chi connectivity index (χ3v) is 10.9. The topological polar surface area (TPSA) is 53.0 Å². The second kappa shape index (κ2) is 14.8. The smallest absolute Gasteiger partial charge is 0.121 e. The van der Waals surface area contributed by atoms with Crippen molar-refractivity contribution < 1.29 is 14.9 Å². The predicted molar refractivity (Wildman–Crippen MR) is 183 cm³/mol. The van der Waals surface area contributed by atoms with Crippen LogP contribution in [0.2, 0.25) is 0 Å². The molecule has 0 bridgehead atoms. The summed E-state index contributed by atoms with van der Waals surface area (Å²) in [6.45, 7) is 22.6. The number of epoxide rings is 1. The number of aliphatic hydroxyl groups excluding tert-OH is 2. The molecule has 3 rings (SSSR count). The molecular weight excluding hydrogens is 528 g/mol. The van der Waals surface area contributed by atoms with E-state index in [0.29, 0.717) is 17.8 Å². The molecule has 3 nitrogen and oxygen atoms in total. The van der Waals surface area contributed by atoms with Crippen LogP contribution in [0, 0.1) is 46.3 Å². The molecule has 0 aromatic heterocycles. The largest absolute Gasteiger partial charge is 0.393 e. The van der Waals surface area contributed by atoms with Crippen LogP contribution in [0.5, 0.6) is 0 Å². The Labute approximate surface area is 266 Å². The van der Waals surface area contributed by atoms with Crippen LogP contribution < -0.4 is 0 Å². The van der Waals surface area contributed by atoms with Crippen molar-refractivity contribution in [3.63, 3.8) is 0 Å². The van der Waals surface area contributed by atoms with Crippen molar-refractivity contribution in [2.45, 2.75) is 170 Å². The lowest BCUT2D eigenvalue weighted by atomic mass is 9.63. The van der Waals surface area contributed by atoms with Crippen LogP contribution in [0.25, 0.3) is 0 Å². The van der Waals surface area contributed by atoms with E-state index in [9.17, 15) is 10.2 Å². The molecule has 2 aliphatic carbocycles. The molecule has 8 atom stereocenters. The molecule has 0 aromatic rings. The Morgan fingerprint density at radius 3 is 2.14 bits per heavy atom. The number of ether oxygens (including phenoxy) is 1. The fourth-order valence-electron chi connectivity index (χ4n) is 8.30. The van der Waals surface area contributed by atoms with E-state index in [4.69, 9.17) is 4.74 Å². The van der Waals surface area contributed by atoms with Gasteiger partial charge >= 0.3 is 0 Å². The van der Waals surface area contributed by atoms with Crippen LogP contribution in [0.4, 0.5) is 0 Å². The first-order valence-electron chi connectivity index (χ1n) is 17.6. The molecular formula is C40H66O3. The fourth-order valence-corrected chi connectivity index (χ4v) is 8.30. The van der Waals surface area contributed by atoms with Crippen LogP contribution in [-0.4, -0.2) is 33.6 Å². The van der Waals surface area contributed by atoms with E-state index in [1.165, 1.54) is 56.1 Å². The first kappa shape index (κ1) is 36.1. The van der Waals surface area contributed by atoms with Gasteiger partial charge in [0.05, 0.1) is 12.2 Å². The normalized spacial score (nSPS) is 32.7. The molecule has 3 aliphatic rings. The van der Waals surface area contributed by atoms with E-state index in [0.717, 1.165) is 38.0 Å². The molecule has 244 valence electrons. The van der Waals surface area contributed by atoms with E-state index in [-0.39, 0.29) is 34.2 Å². The highest BCUT2D eigenvalue weighted by Gasteiger charge is 2.74. The monoisotopic (exact) mass is 595 g/mol. The molecule has 1 aliphatic heterocycles. The summed E-state index contributed by atoms with van der Waals surface area (Å²) in [6, 6.07) is 0. The van der Waals surface area contributed by atoms with E-state index >= 15 is 0 Å². The molecule has 2 fully saturated rings. The Hall–Kier alpha value is -1.34. The summed E-state index contributed by atoms with van der Waals surface area (Å²) in [5.74, 6) is 9.31. The zero-order valence-electron chi connectivity index (χ0n) is 29.6. The number of hydrogen-bond acceptors (Lipinski definition) is 3. The summed E-state index contributed by atoms with van der Waals surface area (Å²) in [4.78, 5) is 0. The summed E-state index contributed by atoms with van der Waals surface area (Å²) >= 11 is 0. The average molecular weight is 595 g/mol. The van der Waals surface area contributed by atoms with Crippen molar-refractivity contribution in [2.75, 3.05) is 0 Å². The third-order valence-electron chi connectivity index (χ3n) is 10.9. The summed E-state index contributed by atoms with van der Waals surface area (Å²) in [6.07, 6.45) is 22.2. The average Bonchev–Trinajstić information content (AvgIpc) is 3.49. The minimum Gasteiger partial charge on any atom is -0.393 e. The maximum atomic E-state index is 10.3. The number of hydrogen-bond donors (Lipinski definition) is 2. The maximum Gasteiger partial charge on any atom is 0.121 e. The van der Waals surface area contributed by atoms with Crippen molar-refractivity contribution >= 4 is 0 Å². The second-order valence-electron chi connectivity index (χ2n) is 16.6. The summed E-state index contributed by atoms with van der Waals surface area (Å²) < 4.78 is 6.31. The Balaban J connectivity index is 1.27. The van der Waals surface area contributed by atoms with E-state index in [2.05, 4.69) is 105 Å². The second-order valence-corrected chi connectivity index (χ2v) is 16.6. The van der Waals surface area contributed by atoms with Crippen molar-refractivity contribution in [1.29, 1.82) is 0 Å². The van der Waals surface area contributed by atoms with Crippen LogP contribution in [0.3, 0.4) is 0 Å². The van der Waals surface area contributed by atoms with Gasteiger partial charge in [0.15, 0.2) is 0 Å². The maximum absolute atomic E-state index is 10.3. The van der Waals surface area contributed by atoms with Crippen molar-refractivity contribution in [1.82, 2.24) is 0 Å². The zero-order chi connectivity index (χ0) is 32.1. The minimum atomic E-state index is -0.249. The van der Waals surface area contributed by atoms with Crippen LogP contribution in [0.1, 0.15) is 146 Å². The number of rotatable bonds is 14. The number of fused-ring (bicyclic) bond motifs is 1. The molecule has 3 heteroatoms. The lowest BCUT2D eigenvalue weighted by Gasteiger charge is -2.39. The molecule has 1 saturated carbocycles. The molecule has 0 aromatic carbocycles. The van der Waals surface area contributed by atoms with Crippen LogP contribution >= 0.6 is 0 Å². The van der Waals surface area contributed by atoms with Gasteiger partial charge in [-0.25, -0.2) is 0 Å². The molecule has 2 N–H and O–H groups in total. The van der Waals surface area contributed by atoms with Gasteiger partial charge in [0.25, 0.3) is 0 Å².